The van der Waals surface area contributed by atoms with Gasteiger partial charge >= 0.3 is 0 Å². The minimum atomic E-state index is -0.624. The van der Waals surface area contributed by atoms with Crippen LogP contribution in [0.5, 0.6) is 0 Å². The number of nitrogens with zero attached hydrogens (tertiary/aromatic N) is 2. The minimum Gasteiger partial charge on any atom is -0.347 e. The summed E-state index contributed by atoms with van der Waals surface area (Å²) in [5.41, 5.74) is 2.55. The maximum Gasteiger partial charge on any atom is 0.252 e. The summed E-state index contributed by atoms with van der Waals surface area (Å²) in [5.74, 6) is -0.104. The fourth-order valence-corrected chi connectivity index (χ4v) is 4.56. The zero-order valence-electron chi connectivity index (χ0n) is 15.7. The number of benzene rings is 2. The molecule has 3 heterocycles. The van der Waals surface area contributed by atoms with Crippen LogP contribution in [0.25, 0.3) is 10.9 Å². The van der Waals surface area contributed by atoms with Crippen LogP contribution in [0.15, 0.2) is 60.8 Å². The molecular weight excluding hydrogens is 350 g/mol. The Balaban J connectivity index is 1.44. The van der Waals surface area contributed by atoms with Crippen LogP contribution >= 0.6 is 0 Å². The molecule has 28 heavy (non-hydrogen) atoms. The summed E-state index contributed by atoms with van der Waals surface area (Å²) in [6.45, 7) is 4.00. The minimum absolute atomic E-state index is 0.0525. The van der Waals surface area contributed by atoms with Crippen LogP contribution in [0.4, 0.5) is 0 Å². The molecule has 0 aliphatic carbocycles. The Morgan fingerprint density at radius 2 is 1.93 bits per heavy atom. The third kappa shape index (κ3) is 2.62. The summed E-state index contributed by atoms with van der Waals surface area (Å²) in [7, 11) is 0. The molecule has 0 bridgehead atoms. The number of rotatable bonds is 2. The first-order valence-corrected chi connectivity index (χ1v) is 9.55. The number of carbonyl (C=O) groups excluding carboxylic acids is 2. The van der Waals surface area contributed by atoms with Crippen LogP contribution < -0.4 is 5.32 Å². The van der Waals surface area contributed by atoms with E-state index in [0.29, 0.717) is 24.2 Å². The van der Waals surface area contributed by atoms with Crippen molar-refractivity contribution in [3.63, 3.8) is 0 Å². The topological polar surface area (TPSA) is 62.3 Å². The Labute approximate surface area is 163 Å². The molecule has 1 aromatic heterocycles. The van der Waals surface area contributed by atoms with E-state index in [-0.39, 0.29) is 17.7 Å². The molecule has 0 saturated carbocycles. The molecule has 1 fully saturated rings. The standard InChI is InChI=1S/C23H21N3O2/c1-23-14-26(12-15-8-9-19-16(11-15)5-4-10-24-19)13-20(23)25-22(28)18-7-3-2-6-17(18)21(23)27/h2-11,20H,12-14H2,1H3,(H,25,28)/t20-,23+/m1/s1. The third-order valence-electron chi connectivity index (χ3n) is 6.08. The molecule has 0 radical (unpaired) electrons. The molecule has 5 rings (SSSR count). The van der Waals surface area contributed by atoms with Gasteiger partial charge < -0.3 is 5.32 Å². The third-order valence-corrected chi connectivity index (χ3v) is 6.08. The van der Waals surface area contributed by atoms with Gasteiger partial charge in [0.2, 0.25) is 0 Å². The lowest BCUT2D eigenvalue weighted by molar-refractivity contribution is 0.0789. The number of fused-ring (bicyclic) bond motifs is 3. The second-order valence-electron chi connectivity index (χ2n) is 8.02. The van der Waals surface area contributed by atoms with Crippen molar-refractivity contribution in [1.82, 2.24) is 15.2 Å². The molecule has 140 valence electrons. The van der Waals surface area contributed by atoms with E-state index in [2.05, 4.69) is 33.4 Å². The number of aromatic nitrogens is 1. The van der Waals surface area contributed by atoms with Crippen molar-refractivity contribution >= 4 is 22.6 Å². The number of pyridine rings is 1. The highest BCUT2D eigenvalue weighted by Crippen LogP contribution is 2.37. The zero-order chi connectivity index (χ0) is 19.3. The highest BCUT2D eigenvalue weighted by molar-refractivity contribution is 6.12. The van der Waals surface area contributed by atoms with E-state index < -0.39 is 5.41 Å². The predicted octanol–water partition coefficient (Wildman–Crippen LogP) is 3.05. The molecule has 2 aliphatic rings. The summed E-state index contributed by atoms with van der Waals surface area (Å²) in [5, 5.41) is 4.21. The Morgan fingerprint density at radius 3 is 2.79 bits per heavy atom. The highest BCUT2D eigenvalue weighted by Gasteiger charge is 2.51. The van der Waals surface area contributed by atoms with E-state index in [4.69, 9.17) is 0 Å². The monoisotopic (exact) mass is 371 g/mol. The van der Waals surface area contributed by atoms with Crippen LogP contribution in [0.2, 0.25) is 0 Å². The van der Waals surface area contributed by atoms with Crippen molar-refractivity contribution in [3.8, 4) is 0 Å². The fraction of sp³-hybridized carbons (Fsp3) is 0.261. The van der Waals surface area contributed by atoms with Gasteiger partial charge in [-0.05, 0) is 36.8 Å². The SMILES string of the molecule is C[C@]12CN(Cc3ccc4ncccc4c3)C[C@H]1NC(=O)c1ccccc1C2=O. The summed E-state index contributed by atoms with van der Waals surface area (Å²) < 4.78 is 0. The predicted molar refractivity (Wildman–Crippen MR) is 107 cm³/mol. The molecule has 1 N–H and O–H groups in total. The van der Waals surface area contributed by atoms with Crippen molar-refractivity contribution in [2.24, 2.45) is 5.41 Å². The van der Waals surface area contributed by atoms with Crippen LogP contribution in [-0.4, -0.2) is 40.7 Å². The molecule has 1 saturated heterocycles. The van der Waals surface area contributed by atoms with Crippen molar-refractivity contribution in [3.05, 3.63) is 77.5 Å². The number of nitrogens with one attached hydrogen (secondary N) is 1. The molecule has 2 aromatic carbocycles. The molecule has 0 spiro atoms. The Hall–Kier alpha value is -3.05. The van der Waals surface area contributed by atoms with Crippen molar-refractivity contribution < 1.29 is 9.59 Å². The van der Waals surface area contributed by atoms with Gasteiger partial charge in [-0.2, -0.15) is 0 Å². The van der Waals surface area contributed by atoms with Gasteiger partial charge in [0.05, 0.1) is 22.5 Å². The molecule has 5 nitrogen and oxygen atoms in total. The summed E-state index contributed by atoms with van der Waals surface area (Å²) in [6, 6.07) is 17.2. The first kappa shape index (κ1) is 17.1. The van der Waals surface area contributed by atoms with Gasteiger partial charge in [0.25, 0.3) is 5.91 Å². The van der Waals surface area contributed by atoms with Gasteiger partial charge in [0, 0.05) is 36.8 Å². The van der Waals surface area contributed by atoms with Crippen molar-refractivity contribution in [2.45, 2.75) is 19.5 Å². The Morgan fingerprint density at radius 1 is 1.11 bits per heavy atom. The van der Waals surface area contributed by atoms with Crippen molar-refractivity contribution in [2.75, 3.05) is 13.1 Å². The maximum atomic E-state index is 13.3. The number of Topliss-reactive ketones (excluding diaryl/α,β-unsaturated/α-hetero) is 1. The second kappa shape index (κ2) is 6.24. The number of ketones is 1. The molecule has 2 aliphatic heterocycles. The van der Waals surface area contributed by atoms with Gasteiger partial charge in [0.15, 0.2) is 5.78 Å². The quantitative estimate of drug-likeness (QED) is 0.752. The molecule has 2 atom stereocenters. The summed E-state index contributed by atoms with van der Waals surface area (Å²) in [4.78, 5) is 32.6. The fourth-order valence-electron chi connectivity index (χ4n) is 4.56. The lowest BCUT2D eigenvalue weighted by Crippen LogP contribution is -2.47. The average molecular weight is 371 g/mol. The first-order chi connectivity index (χ1) is 13.5. The molecular formula is C23H21N3O2. The zero-order valence-corrected chi connectivity index (χ0v) is 15.7. The Bertz CT molecular complexity index is 1110. The van der Waals surface area contributed by atoms with E-state index in [9.17, 15) is 9.59 Å². The van der Waals surface area contributed by atoms with Gasteiger partial charge in [-0.15, -0.1) is 0 Å². The van der Waals surface area contributed by atoms with Crippen LogP contribution in [0, 0.1) is 5.41 Å². The smallest absolute Gasteiger partial charge is 0.252 e. The highest BCUT2D eigenvalue weighted by atomic mass is 16.2. The van der Waals surface area contributed by atoms with E-state index >= 15 is 0 Å². The van der Waals surface area contributed by atoms with E-state index in [1.54, 1.807) is 24.4 Å². The normalized spacial score (nSPS) is 24.5. The van der Waals surface area contributed by atoms with Crippen LogP contribution in [-0.2, 0) is 6.54 Å². The molecule has 1 amide bonds. The van der Waals surface area contributed by atoms with E-state index in [1.807, 2.05) is 25.1 Å². The van der Waals surface area contributed by atoms with E-state index in [1.165, 1.54) is 5.56 Å². The van der Waals surface area contributed by atoms with Gasteiger partial charge in [-0.25, -0.2) is 0 Å². The lowest BCUT2D eigenvalue weighted by atomic mass is 9.78. The lowest BCUT2D eigenvalue weighted by Gasteiger charge is -2.27. The maximum absolute atomic E-state index is 13.3. The molecule has 3 aromatic rings. The molecule has 0 unspecified atom stereocenters. The number of hydrogen-bond donors (Lipinski definition) is 1. The summed E-state index contributed by atoms with van der Waals surface area (Å²) >= 11 is 0. The number of amides is 1. The van der Waals surface area contributed by atoms with Gasteiger partial charge in [0.1, 0.15) is 0 Å². The van der Waals surface area contributed by atoms with E-state index in [0.717, 1.165) is 17.4 Å². The summed E-state index contributed by atoms with van der Waals surface area (Å²) in [6.07, 6.45) is 1.79. The van der Waals surface area contributed by atoms with Crippen LogP contribution in [0.1, 0.15) is 33.2 Å². The largest absolute Gasteiger partial charge is 0.347 e. The first-order valence-electron chi connectivity index (χ1n) is 9.55. The van der Waals surface area contributed by atoms with Crippen molar-refractivity contribution in [1.29, 1.82) is 0 Å². The molecule has 5 heteroatoms. The second-order valence-corrected chi connectivity index (χ2v) is 8.02. The van der Waals surface area contributed by atoms with Gasteiger partial charge in [-0.3, -0.25) is 19.5 Å². The Kier molecular flexibility index (Phi) is 3.81. The average Bonchev–Trinajstić information content (AvgIpc) is 2.99. The number of hydrogen-bond acceptors (Lipinski definition) is 4. The number of carbonyl (C=O) groups is 2. The number of likely N-dealkylation sites (tertiary alicyclic amines) is 1. The van der Waals surface area contributed by atoms with Gasteiger partial charge in [-0.1, -0.05) is 30.3 Å². The van der Waals surface area contributed by atoms with Crippen LogP contribution in [0.3, 0.4) is 0 Å².